The number of likely N-dealkylation sites (N-methyl/N-ethyl adjacent to an activating group) is 1. The Bertz CT molecular complexity index is 463. The van der Waals surface area contributed by atoms with Crippen LogP contribution in [0.2, 0.25) is 0 Å². The molecule has 0 aliphatic carbocycles. The number of ether oxygens (including phenoxy) is 1. The molecule has 2 N–H and O–H groups in total. The van der Waals surface area contributed by atoms with Crippen LogP contribution in [0.15, 0.2) is 18.2 Å². The van der Waals surface area contributed by atoms with E-state index in [0.29, 0.717) is 19.6 Å². The number of aryl methyl sites for hydroxylation is 2. The summed E-state index contributed by atoms with van der Waals surface area (Å²) in [7, 11) is 1.77. The number of rotatable bonds is 7. The molecular weight excluding hydrogens is 264 g/mol. The van der Waals surface area contributed by atoms with Crippen LogP contribution in [-0.2, 0) is 4.79 Å². The second-order valence-corrected chi connectivity index (χ2v) is 6.07. The van der Waals surface area contributed by atoms with Gasteiger partial charge >= 0.3 is 0 Å². The van der Waals surface area contributed by atoms with Gasteiger partial charge in [0.25, 0.3) is 0 Å². The highest BCUT2D eigenvalue weighted by molar-refractivity contribution is 5.85. The van der Waals surface area contributed by atoms with Gasteiger partial charge in [-0.1, -0.05) is 19.4 Å². The number of benzene rings is 1. The Morgan fingerprint density at radius 2 is 1.86 bits per heavy atom. The minimum atomic E-state index is -0.788. The first-order valence-electron chi connectivity index (χ1n) is 7.52. The molecule has 0 fully saturated rings. The quantitative estimate of drug-likeness (QED) is 0.840. The SMILES string of the molecule is CCCC(C)(N)C(=O)N(C)CCOc1cc(C)cc(C)c1. The summed E-state index contributed by atoms with van der Waals surface area (Å²) < 4.78 is 5.73. The smallest absolute Gasteiger partial charge is 0.242 e. The number of amides is 1. The predicted molar refractivity (Wildman–Crippen MR) is 86.5 cm³/mol. The van der Waals surface area contributed by atoms with E-state index < -0.39 is 5.54 Å². The van der Waals surface area contributed by atoms with E-state index in [1.54, 1.807) is 18.9 Å². The molecule has 4 nitrogen and oxygen atoms in total. The molecule has 4 heteroatoms. The second-order valence-electron chi connectivity index (χ2n) is 6.07. The molecule has 118 valence electrons. The van der Waals surface area contributed by atoms with E-state index in [-0.39, 0.29) is 5.91 Å². The van der Waals surface area contributed by atoms with E-state index in [2.05, 4.69) is 6.07 Å². The third-order valence-electron chi connectivity index (χ3n) is 3.50. The fraction of sp³-hybridized carbons (Fsp3) is 0.588. The van der Waals surface area contributed by atoms with Gasteiger partial charge in [0.15, 0.2) is 0 Å². The molecule has 0 bridgehead atoms. The highest BCUT2D eigenvalue weighted by atomic mass is 16.5. The minimum Gasteiger partial charge on any atom is -0.492 e. The lowest BCUT2D eigenvalue weighted by atomic mass is 9.96. The molecule has 1 unspecified atom stereocenters. The lowest BCUT2D eigenvalue weighted by Crippen LogP contribution is -2.52. The van der Waals surface area contributed by atoms with Crippen LogP contribution in [-0.4, -0.2) is 36.5 Å². The fourth-order valence-electron chi connectivity index (χ4n) is 2.48. The van der Waals surface area contributed by atoms with Crippen molar-refractivity contribution >= 4 is 5.91 Å². The molecule has 0 spiro atoms. The van der Waals surface area contributed by atoms with Gasteiger partial charge in [0.1, 0.15) is 12.4 Å². The van der Waals surface area contributed by atoms with Crippen LogP contribution in [0, 0.1) is 13.8 Å². The Morgan fingerprint density at radius 3 is 2.38 bits per heavy atom. The number of carbonyl (C=O) groups excluding carboxylic acids is 1. The van der Waals surface area contributed by atoms with Gasteiger partial charge in [-0.05, 0) is 50.5 Å². The van der Waals surface area contributed by atoms with Crippen LogP contribution in [0.5, 0.6) is 5.75 Å². The zero-order valence-electron chi connectivity index (χ0n) is 13.9. The Morgan fingerprint density at radius 1 is 1.29 bits per heavy atom. The number of nitrogens with zero attached hydrogens (tertiary/aromatic N) is 1. The molecule has 1 amide bonds. The molecule has 0 radical (unpaired) electrons. The van der Waals surface area contributed by atoms with Gasteiger partial charge in [-0.3, -0.25) is 4.79 Å². The summed E-state index contributed by atoms with van der Waals surface area (Å²) in [6.45, 7) is 8.90. The molecule has 0 aromatic heterocycles. The molecule has 21 heavy (non-hydrogen) atoms. The summed E-state index contributed by atoms with van der Waals surface area (Å²) in [5, 5.41) is 0. The summed E-state index contributed by atoms with van der Waals surface area (Å²) in [5.74, 6) is 0.811. The third kappa shape index (κ3) is 5.38. The van der Waals surface area contributed by atoms with Crippen molar-refractivity contribution in [2.45, 2.75) is 46.1 Å². The van der Waals surface area contributed by atoms with Crippen LogP contribution in [0.3, 0.4) is 0 Å². The van der Waals surface area contributed by atoms with E-state index in [0.717, 1.165) is 12.2 Å². The van der Waals surface area contributed by atoms with Crippen molar-refractivity contribution in [2.24, 2.45) is 5.73 Å². The van der Waals surface area contributed by atoms with Crippen molar-refractivity contribution in [3.63, 3.8) is 0 Å². The van der Waals surface area contributed by atoms with E-state index in [1.165, 1.54) is 11.1 Å². The Kier molecular flexibility index (Phi) is 6.21. The first-order valence-corrected chi connectivity index (χ1v) is 7.52. The highest BCUT2D eigenvalue weighted by Gasteiger charge is 2.29. The van der Waals surface area contributed by atoms with Crippen molar-refractivity contribution in [3.8, 4) is 5.75 Å². The molecule has 1 aromatic carbocycles. The maximum atomic E-state index is 12.3. The third-order valence-corrected chi connectivity index (χ3v) is 3.50. The Balaban J connectivity index is 2.49. The number of nitrogens with two attached hydrogens (primary N) is 1. The first-order chi connectivity index (χ1) is 9.76. The lowest BCUT2D eigenvalue weighted by Gasteiger charge is -2.29. The topological polar surface area (TPSA) is 55.6 Å². The van der Waals surface area contributed by atoms with Gasteiger partial charge in [0, 0.05) is 7.05 Å². The van der Waals surface area contributed by atoms with Crippen molar-refractivity contribution in [3.05, 3.63) is 29.3 Å². The minimum absolute atomic E-state index is 0.0339. The van der Waals surface area contributed by atoms with Crippen molar-refractivity contribution in [2.75, 3.05) is 20.2 Å². The van der Waals surface area contributed by atoms with Gasteiger partial charge in [-0.25, -0.2) is 0 Å². The number of hydrogen-bond donors (Lipinski definition) is 1. The van der Waals surface area contributed by atoms with E-state index >= 15 is 0 Å². The molecule has 1 atom stereocenters. The van der Waals surface area contributed by atoms with E-state index in [1.807, 2.05) is 32.9 Å². The van der Waals surface area contributed by atoms with Crippen LogP contribution in [0.1, 0.15) is 37.8 Å². The molecule has 1 aromatic rings. The zero-order valence-corrected chi connectivity index (χ0v) is 13.9. The average Bonchev–Trinajstić information content (AvgIpc) is 2.36. The summed E-state index contributed by atoms with van der Waals surface area (Å²) in [4.78, 5) is 13.9. The summed E-state index contributed by atoms with van der Waals surface area (Å²) >= 11 is 0. The molecule has 1 rings (SSSR count). The fourth-order valence-corrected chi connectivity index (χ4v) is 2.48. The number of carbonyl (C=O) groups is 1. The van der Waals surface area contributed by atoms with Gasteiger partial charge in [0.2, 0.25) is 5.91 Å². The monoisotopic (exact) mass is 292 g/mol. The van der Waals surface area contributed by atoms with Crippen molar-refractivity contribution in [1.82, 2.24) is 4.90 Å². The van der Waals surface area contributed by atoms with E-state index in [4.69, 9.17) is 10.5 Å². The van der Waals surface area contributed by atoms with Gasteiger partial charge < -0.3 is 15.4 Å². The molecule has 0 saturated carbocycles. The predicted octanol–water partition coefficient (Wildman–Crippen LogP) is 2.66. The Labute approximate surface area is 128 Å². The van der Waals surface area contributed by atoms with Crippen LogP contribution in [0.25, 0.3) is 0 Å². The average molecular weight is 292 g/mol. The molecule has 0 aliphatic heterocycles. The standard InChI is InChI=1S/C17H28N2O2/c1-6-7-17(4,18)16(20)19(5)8-9-21-15-11-13(2)10-14(3)12-15/h10-12H,6-9,18H2,1-5H3. The second kappa shape index (κ2) is 7.46. The normalized spacial score (nSPS) is 13.6. The van der Waals surface area contributed by atoms with Gasteiger partial charge in [-0.15, -0.1) is 0 Å². The largest absolute Gasteiger partial charge is 0.492 e. The molecule has 0 saturated heterocycles. The number of hydrogen-bond acceptors (Lipinski definition) is 3. The highest BCUT2D eigenvalue weighted by Crippen LogP contribution is 2.16. The molecule has 0 aliphatic rings. The van der Waals surface area contributed by atoms with Gasteiger partial charge in [0.05, 0.1) is 12.1 Å². The molecule has 0 heterocycles. The summed E-state index contributed by atoms with van der Waals surface area (Å²) in [6.07, 6.45) is 1.58. The maximum absolute atomic E-state index is 12.3. The van der Waals surface area contributed by atoms with E-state index in [9.17, 15) is 4.79 Å². The maximum Gasteiger partial charge on any atom is 0.242 e. The van der Waals surface area contributed by atoms with Crippen molar-refractivity contribution in [1.29, 1.82) is 0 Å². The lowest BCUT2D eigenvalue weighted by molar-refractivity contribution is -0.135. The van der Waals surface area contributed by atoms with Crippen molar-refractivity contribution < 1.29 is 9.53 Å². The van der Waals surface area contributed by atoms with Crippen LogP contribution >= 0.6 is 0 Å². The Hall–Kier alpha value is -1.55. The first kappa shape index (κ1) is 17.5. The van der Waals surface area contributed by atoms with Crippen LogP contribution < -0.4 is 10.5 Å². The summed E-state index contributed by atoms with van der Waals surface area (Å²) in [6, 6.07) is 6.10. The summed E-state index contributed by atoms with van der Waals surface area (Å²) in [5.41, 5.74) is 7.62. The molecular formula is C17H28N2O2. The zero-order chi connectivity index (χ0) is 16.0. The van der Waals surface area contributed by atoms with Gasteiger partial charge in [-0.2, -0.15) is 0 Å². The van der Waals surface area contributed by atoms with Crippen LogP contribution in [0.4, 0.5) is 0 Å².